The molecule has 0 unspecified atom stereocenters. The number of anilines is 3. The first-order valence-corrected chi connectivity index (χ1v) is 7.02. The van der Waals surface area contributed by atoms with Gasteiger partial charge in [-0.05, 0) is 31.2 Å². The molecule has 0 atom stereocenters. The molecule has 1 aromatic carbocycles. The van der Waals surface area contributed by atoms with Crippen molar-refractivity contribution in [2.45, 2.75) is 6.92 Å². The molecule has 0 radical (unpaired) electrons. The zero-order valence-corrected chi connectivity index (χ0v) is 12.2. The Bertz CT molecular complexity index is 775. The van der Waals surface area contributed by atoms with E-state index in [9.17, 15) is 0 Å². The first-order valence-electron chi connectivity index (χ1n) is 6.64. The highest BCUT2D eigenvalue weighted by Gasteiger charge is 2.07. The number of nitrogens with zero attached hydrogens (tertiary/aromatic N) is 3. The predicted octanol–water partition coefficient (Wildman–Crippen LogP) is 3.85. The quantitative estimate of drug-likeness (QED) is 0.766. The number of hydrogen-bond acceptors (Lipinski definition) is 5. The molecule has 2 aromatic heterocycles. The summed E-state index contributed by atoms with van der Waals surface area (Å²) in [5.41, 5.74) is 1.65. The van der Waals surface area contributed by atoms with Crippen molar-refractivity contribution in [3.8, 4) is 0 Å². The minimum Gasteiger partial charge on any atom is -0.369 e. The molecule has 3 rings (SSSR count). The molecule has 2 N–H and O–H groups in total. The maximum absolute atomic E-state index is 6.19. The van der Waals surface area contributed by atoms with E-state index in [4.69, 9.17) is 11.6 Å². The van der Waals surface area contributed by atoms with E-state index < -0.39 is 0 Å². The van der Waals surface area contributed by atoms with Crippen LogP contribution in [-0.2, 0) is 0 Å². The maximum Gasteiger partial charge on any atom is 0.151 e. The first-order chi connectivity index (χ1) is 10.3. The fourth-order valence-corrected chi connectivity index (χ4v) is 2.28. The van der Waals surface area contributed by atoms with Crippen molar-refractivity contribution in [1.82, 2.24) is 15.0 Å². The van der Waals surface area contributed by atoms with Gasteiger partial charge in [0.05, 0.1) is 28.6 Å². The number of nitrogens with one attached hydrogen (secondary N) is 2. The highest BCUT2D eigenvalue weighted by molar-refractivity contribution is 6.35. The third kappa shape index (κ3) is 2.87. The van der Waals surface area contributed by atoms with E-state index in [1.54, 1.807) is 18.6 Å². The van der Waals surface area contributed by atoms with Gasteiger partial charge in [-0.25, -0.2) is 4.98 Å². The zero-order chi connectivity index (χ0) is 14.7. The Morgan fingerprint density at radius 2 is 2.00 bits per heavy atom. The standard InChI is InChI=1S/C15H14ClN5/c1-2-18-13-8-17-9-14(21-13)20-12-6-5-11(16)10-4-3-7-19-15(10)12/h3-9H,2H2,1H3,(H2,18,20,21). The number of rotatable bonds is 4. The van der Waals surface area contributed by atoms with Crippen LogP contribution in [0.25, 0.3) is 10.9 Å². The number of aromatic nitrogens is 3. The monoisotopic (exact) mass is 299 g/mol. The third-order valence-electron chi connectivity index (χ3n) is 2.97. The molecule has 106 valence electrons. The highest BCUT2D eigenvalue weighted by atomic mass is 35.5. The van der Waals surface area contributed by atoms with Gasteiger partial charge >= 0.3 is 0 Å². The lowest BCUT2D eigenvalue weighted by atomic mass is 10.2. The van der Waals surface area contributed by atoms with Crippen LogP contribution in [-0.4, -0.2) is 21.5 Å². The Kier molecular flexibility index (Phi) is 3.83. The predicted molar refractivity (Wildman–Crippen MR) is 86.2 cm³/mol. The van der Waals surface area contributed by atoms with E-state index in [-0.39, 0.29) is 0 Å². The lowest BCUT2D eigenvalue weighted by molar-refractivity contribution is 1.12. The molecule has 21 heavy (non-hydrogen) atoms. The van der Waals surface area contributed by atoms with Gasteiger partial charge in [0, 0.05) is 18.1 Å². The average molecular weight is 300 g/mol. The minimum atomic E-state index is 0.655. The summed E-state index contributed by atoms with van der Waals surface area (Å²) in [5, 5.41) is 7.95. The molecular formula is C15H14ClN5. The molecule has 0 aliphatic carbocycles. The van der Waals surface area contributed by atoms with Crippen LogP contribution in [0.3, 0.4) is 0 Å². The second-order valence-electron chi connectivity index (χ2n) is 4.44. The summed E-state index contributed by atoms with van der Waals surface area (Å²) >= 11 is 6.19. The van der Waals surface area contributed by atoms with Crippen LogP contribution in [0.15, 0.2) is 42.9 Å². The summed E-state index contributed by atoms with van der Waals surface area (Å²) in [6, 6.07) is 7.54. The summed E-state index contributed by atoms with van der Waals surface area (Å²) in [6.45, 7) is 2.81. The van der Waals surface area contributed by atoms with Gasteiger partial charge < -0.3 is 10.6 Å². The van der Waals surface area contributed by atoms with Crippen molar-refractivity contribution in [1.29, 1.82) is 0 Å². The summed E-state index contributed by atoms with van der Waals surface area (Å²) < 4.78 is 0. The van der Waals surface area contributed by atoms with E-state index in [1.165, 1.54) is 0 Å². The summed E-state index contributed by atoms with van der Waals surface area (Å²) in [6.07, 6.45) is 5.10. The molecular weight excluding hydrogens is 286 g/mol. The molecule has 2 heterocycles. The maximum atomic E-state index is 6.19. The molecule has 0 fully saturated rings. The van der Waals surface area contributed by atoms with Crippen LogP contribution in [0, 0.1) is 0 Å². The van der Waals surface area contributed by atoms with Crippen LogP contribution < -0.4 is 10.6 Å². The number of hydrogen-bond donors (Lipinski definition) is 2. The minimum absolute atomic E-state index is 0.655. The topological polar surface area (TPSA) is 62.7 Å². The van der Waals surface area contributed by atoms with Crippen molar-refractivity contribution in [2.24, 2.45) is 0 Å². The second-order valence-corrected chi connectivity index (χ2v) is 4.85. The zero-order valence-electron chi connectivity index (χ0n) is 11.5. The fraction of sp³-hybridized carbons (Fsp3) is 0.133. The Morgan fingerprint density at radius 3 is 2.86 bits per heavy atom. The van der Waals surface area contributed by atoms with Crippen molar-refractivity contribution >= 4 is 39.8 Å². The Balaban J connectivity index is 1.98. The SMILES string of the molecule is CCNc1cncc(Nc2ccc(Cl)c3cccnc23)n1. The van der Waals surface area contributed by atoms with Gasteiger partial charge in [0.2, 0.25) is 0 Å². The molecule has 0 saturated heterocycles. The number of fused-ring (bicyclic) bond motifs is 1. The summed E-state index contributed by atoms with van der Waals surface area (Å²) in [5.74, 6) is 1.39. The number of benzene rings is 1. The van der Waals surface area contributed by atoms with E-state index in [0.29, 0.717) is 10.8 Å². The molecule has 3 aromatic rings. The summed E-state index contributed by atoms with van der Waals surface area (Å²) in [7, 11) is 0. The van der Waals surface area contributed by atoms with E-state index in [1.807, 2.05) is 31.2 Å². The van der Waals surface area contributed by atoms with Gasteiger partial charge in [0.15, 0.2) is 5.82 Å². The van der Waals surface area contributed by atoms with Gasteiger partial charge in [-0.15, -0.1) is 0 Å². The second kappa shape index (κ2) is 5.93. The van der Waals surface area contributed by atoms with Crippen LogP contribution in [0.4, 0.5) is 17.3 Å². The molecule has 0 spiro atoms. The number of halogens is 1. The van der Waals surface area contributed by atoms with Crippen LogP contribution in [0.5, 0.6) is 0 Å². The Hall–Kier alpha value is -2.40. The van der Waals surface area contributed by atoms with Gasteiger partial charge in [0.25, 0.3) is 0 Å². The largest absolute Gasteiger partial charge is 0.369 e. The van der Waals surface area contributed by atoms with Gasteiger partial charge in [0.1, 0.15) is 5.82 Å². The van der Waals surface area contributed by atoms with Gasteiger partial charge in [-0.2, -0.15) is 0 Å². The van der Waals surface area contributed by atoms with Crippen LogP contribution >= 0.6 is 11.6 Å². The van der Waals surface area contributed by atoms with Gasteiger partial charge in [-0.3, -0.25) is 9.97 Å². The molecule has 0 amide bonds. The fourth-order valence-electron chi connectivity index (χ4n) is 2.07. The lowest BCUT2D eigenvalue weighted by Crippen LogP contribution is -2.02. The van der Waals surface area contributed by atoms with Crippen molar-refractivity contribution in [2.75, 3.05) is 17.2 Å². The first kappa shape index (κ1) is 13.6. The highest BCUT2D eigenvalue weighted by Crippen LogP contribution is 2.29. The normalized spacial score (nSPS) is 10.6. The third-order valence-corrected chi connectivity index (χ3v) is 3.30. The van der Waals surface area contributed by atoms with Crippen molar-refractivity contribution < 1.29 is 0 Å². The lowest BCUT2D eigenvalue weighted by Gasteiger charge is -2.10. The van der Waals surface area contributed by atoms with Crippen molar-refractivity contribution in [3.05, 3.63) is 47.9 Å². The average Bonchev–Trinajstić information content (AvgIpc) is 2.51. The molecule has 0 saturated carbocycles. The van der Waals surface area contributed by atoms with E-state index in [2.05, 4.69) is 25.6 Å². The van der Waals surface area contributed by atoms with Crippen molar-refractivity contribution in [3.63, 3.8) is 0 Å². The van der Waals surface area contributed by atoms with Gasteiger partial charge in [-0.1, -0.05) is 11.6 Å². The Morgan fingerprint density at radius 1 is 1.14 bits per heavy atom. The molecule has 6 heteroatoms. The Labute approximate surface area is 127 Å². The van der Waals surface area contributed by atoms with Crippen LogP contribution in [0.2, 0.25) is 5.02 Å². The molecule has 0 aliphatic heterocycles. The molecule has 5 nitrogen and oxygen atoms in total. The molecule has 0 bridgehead atoms. The van der Waals surface area contributed by atoms with E-state index >= 15 is 0 Å². The summed E-state index contributed by atoms with van der Waals surface area (Å²) in [4.78, 5) is 13.0. The van der Waals surface area contributed by atoms with Crippen LogP contribution in [0.1, 0.15) is 6.92 Å². The smallest absolute Gasteiger partial charge is 0.151 e. The van der Waals surface area contributed by atoms with E-state index in [0.717, 1.165) is 29.0 Å². The number of pyridine rings is 1. The molecule has 0 aliphatic rings.